The van der Waals surface area contributed by atoms with Crippen molar-refractivity contribution < 1.29 is 4.79 Å². The minimum atomic E-state index is 0.562. The van der Waals surface area contributed by atoms with Gasteiger partial charge in [-0.1, -0.05) is 11.3 Å². The Bertz CT molecular complexity index is 876. The first kappa shape index (κ1) is 14.1. The molecule has 3 heterocycles. The number of nitrogens with one attached hydrogen (secondary N) is 1. The predicted molar refractivity (Wildman–Crippen MR) is 91.4 cm³/mol. The van der Waals surface area contributed by atoms with Gasteiger partial charge in [0, 0.05) is 24.0 Å². The molecule has 23 heavy (non-hydrogen) atoms. The number of azo groups is 1. The topological polar surface area (TPSA) is 73.7 Å². The van der Waals surface area contributed by atoms with E-state index in [1.165, 1.54) is 12.8 Å². The summed E-state index contributed by atoms with van der Waals surface area (Å²) in [5, 5.41) is 11.3. The number of carbonyl (C=O) groups excluding carboxylic acids is 1. The van der Waals surface area contributed by atoms with Crippen LogP contribution >= 0.6 is 11.3 Å². The number of anilines is 1. The summed E-state index contributed by atoms with van der Waals surface area (Å²) in [6.45, 7) is 2.15. The van der Waals surface area contributed by atoms with Gasteiger partial charge in [-0.3, -0.25) is 4.79 Å². The van der Waals surface area contributed by atoms with Crippen molar-refractivity contribution in [3.05, 3.63) is 36.2 Å². The van der Waals surface area contributed by atoms with Gasteiger partial charge in [0.25, 0.3) is 0 Å². The van der Waals surface area contributed by atoms with Gasteiger partial charge in [-0.2, -0.15) is 0 Å². The van der Waals surface area contributed by atoms with Gasteiger partial charge in [0.2, 0.25) is 0 Å². The largest absolute Gasteiger partial charge is 0.352 e. The van der Waals surface area contributed by atoms with E-state index < -0.39 is 0 Å². The zero-order chi connectivity index (χ0) is 15.6. The third-order valence-corrected chi connectivity index (χ3v) is 4.82. The second kappa shape index (κ2) is 5.92. The second-order valence-corrected chi connectivity index (χ2v) is 6.48. The Morgan fingerprint density at radius 2 is 2.09 bits per heavy atom. The number of hydrogen-bond acceptors (Lipinski definition) is 6. The molecule has 116 valence electrons. The Balaban J connectivity index is 1.54. The Labute approximate surface area is 136 Å². The van der Waals surface area contributed by atoms with E-state index in [1.54, 1.807) is 23.6 Å². The second-order valence-electron chi connectivity index (χ2n) is 5.49. The van der Waals surface area contributed by atoms with Crippen LogP contribution in [0.1, 0.15) is 23.3 Å². The van der Waals surface area contributed by atoms with Crippen LogP contribution in [0.15, 0.2) is 40.7 Å². The van der Waals surface area contributed by atoms with E-state index in [4.69, 9.17) is 0 Å². The lowest BCUT2D eigenvalue weighted by molar-refractivity contribution is 0.112. The van der Waals surface area contributed by atoms with E-state index >= 15 is 0 Å². The van der Waals surface area contributed by atoms with Gasteiger partial charge in [-0.25, -0.2) is 4.98 Å². The van der Waals surface area contributed by atoms with E-state index in [-0.39, 0.29) is 0 Å². The molecule has 0 aliphatic carbocycles. The summed E-state index contributed by atoms with van der Waals surface area (Å²) >= 11 is 1.56. The lowest BCUT2D eigenvalue weighted by atomic mass is 10.2. The third kappa shape index (κ3) is 2.87. The van der Waals surface area contributed by atoms with Crippen LogP contribution in [-0.2, 0) is 0 Å². The van der Waals surface area contributed by atoms with Crippen molar-refractivity contribution in [1.29, 1.82) is 0 Å². The summed E-state index contributed by atoms with van der Waals surface area (Å²) in [5.74, 6) is 0. The van der Waals surface area contributed by atoms with Crippen molar-refractivity contribution in [3.8, 4) is 0 Å². The number of hydrogen-bond donors (Lipinski definition) is 1. The maximum atomic E-state index is 10.8. The molecular formula is C16H15N5OS. The maximum absolute atomic E-state index is 10.8. The summed E-state index contributed by atoms with van der Waals surface area (Å²) in [7, 11) is 0. The maximum Gasteiger partial charge on any atom is 0.187 e. The average molecular weight is 325 g/mol. The molecule has 0 radical (unpaired) electrons. The standard InChI is InChI=1S/C16H15N5OS/c22-10-13-8-11-7-12(3-4-14(11)18-13)19-20-15-9-17-16(23-15)21-5-1-2-6-21/h3-4,7-10,18H,1-2,5-6H2/b20-19+. The molecule has 1 N–H and O–H groups in total. The number of aromatic amines is 1. The smallest absolute Gasteiger partial charge is 0.187 e. The predicted octanol–water partition coefficient (Wildman–Crippen LogP) is 4.45. The van der Waals surface area contributed by atoms with Gasteiger partial charge in [0.15, 0.2) is 16.4 Å². The molecule has 7 heteroatoms. The highest BCUT2D eigenvalue weighted by molar-refractivity contribution is 7.19. The van der Waals surface area contributed by atoms with Crippen LogP contribution in [0.3, 0.4) is 0 Å². The molecule has 1 fully saturated rings. The number of thiazole rings is 1. The van der Waals surface area contributed by atoms with Gasteiger partial charge in [0.05, 0.1) is 17.6 Å². The third-order valence-electron chi connectivity index (χ3n) is 3.87. The molecule has 0 amide bonds. The first-order valence-corrected chi connectivity index (χ1v) is 8.34. The van der Waals surface area contributed by atoms with Crippen LogP contribution in [0.25, 0.3) is 10.9 Å². The number of nitrogens with zero attached hydrogens (tertiary/aromatic N) is 4. The van der Waals surface area contributed by atoms with Gasteiger partial charge in [-0.15, -0.1) is 10.2 Å². The summed E-state index contributed by atoms with van der Waals surface area (Å²) < 4.78 is 0. The highest BCUT2D eigenvalue weighted by Gasteiger charge is 2.15. The van der Waals surface area contributed by atoms with E-state index in [0.717, 1.165) is 46.1 Å². The van der Waals surface area contributed by atoms with Crippen molar-refractivity contribution in [2.45, 2.75) is 12.8 Å². The van der Waals surface area contributed by atoms with E-state index in [2.05, 4.69) is 25.1 Å². The molecule has 4 rings (SSSR count). The van der Waals surface area contributed by atoms with Crippen LogP contribution in [0, 0.1) is 0 Å². The van der Waals surface area contributed by atoms with Crippen molar-refractivity contribution >= 4 is 44.3 Å². The fraction of sp³-hybridized carbons (Fsp3) is 0.250. The normalized spacial score (nSPS) is 15.0. The summed E-state index contributed by atoms with van der Waals surface area (Å²) in [4.78, 5) is 20.5. The first-order chi connectivity index (χ1) is 11.3. The molecule has 0 atom stereocenters. The van der Waals surface area contributed by atoms with E-state index in [1.807, 2.05) is 18.2 Å². The van der Waals surface area contributed by atoms with Crippen LogP contribution in [-0.4, -0.2) is 29.3 Å². The number of H-pyrrole nitrogens is 1. The molecule has 0 saturated carbocycles. The fourth-order valence-corrected chi connectivity index (χ4v) is 3.52. The first-order valence-electron chi connectivity index (χ1n) is 7.52. The lowest BCUT2D eigenvalue weighted by Gasteiger charge is -2.11. The Kier molecular flexibility index (Phi) is 3.63. The fourth-order valence-electron chi connectivity index (χ4n) is 2.73. The molecule has 0 unspecified atom stereocenters. The van der Waals surface area contributed by atoms with Crippen LogP contribution in [0.5, 0.6) is 0 Å². The molecule has 3 aromatic rings. The number of aromatic nitrogens is 2. The Hall–Kier alpha value is -2.54. The van der Waals surface area contributed by atoms with E-state index in [0.29, 0.717) is 5.69 Å². The van der Waals surface area contributed by atoms with Crippen LogP contribution in [0.4, 0.5) is 15.8 Å². The SMILES string of the molecule is O=Cc1cc2cc(/N=N/c3cnc(N4CCCC4)s3)ccc2[nH]1. The van der Waals surface area contributed by atoms with Crippen molar-refractivity contribution in [2.75, 3.05) is 18.0 Å². The van der Waals surface area contributed by atoms with Crippen molar-refractivity contribution in [1.82, 2.24) is 9.97 Å². The number of rotatable bonds is 4. The molecule has 1 aliphatic rings. The minimum absolute atomic E-state index is 0.562. The van der Waals surface area contributed by atoms with Gasteiger partial charge >= 0.3 is 0 Å². The summed E-state index contributed by atoms with van der Waals surface area (Å²) in [6, 6.07) is 7.49. The summed E-state index contributed by atoms with van der Waals surface area (Å²) in [6.07, 6.45) is 5.03. The number of fused-ring (bicyclic) bond motifs is 1. The summed E-state index contributed by atoms with van der Waals surface area (Å²) in [5.41, 5.74) is 2.23. The van der Waals surface area contributed by atoms with Crippen molar-refractivity contribution in [2.24, 2.45) is 10.2 Å². The average Bonchev–Trinajstić information content (AvgIpc) is 3.30. The Morgan fingerprint density at radius 1 is 1.22 bits per heavy atom. The number of benzene rings is 1. The monoisotopic (exact) mass is 325 g/mol. The van der Waals surface area contributed by atoms with Crippen molar-refractivity contribution in [3.63, 3.8) is 0 Å². The minimum Gasteiger partial charge on any atom is -0.352 e. The lowest BCUT2D eigenvalue weighted by Crippen LogP contribution is -2.16. The highest BCUT2D eigenvalue weighted by Crippen LogP contribution is 2.32. The number of carbonyl (C=O) groups is 1. The van der Waals surface area contributed by atoms with Crippen LogP contribution < -0.4 is 4.90 Å². The molecule has 0 bridgehead atoms. The molecule has 1 aliphatic heterocycles. The highest BCUT2D eigenvalue weighted by atomic mass is 32.1. The quantitative estimate of drug-likeness (QED) is 0.569. The van der Waals surface area contributed by atoms with Crippen LogP contribution in [0.2, 0.25) is 0 Å². The van der Waals surface area contributed by atoms with Gasteiger partial charge in [0.1, 0.15) is 0 Å². The zero-order valence-corrected chi connectivity index (χ0v) is 13.2. The Morgan fingerprint density at radius 3 is 2.91 bits per heavy atom. The molecular weight excluding hydrogens is 310 g/mol. The van der Waals surface area contributed by atoms with Gasteiger partial charge in [-0.05, 0) is 37.1 Å². The number of aldehydes is 1. The molecule has 6 nitrogen and oxygen atoms in total. The molecule has 2 aromatic heterocycles. The zero-order valence-electron chi connectivity index (χ0n) is 12.4. The van der Waals surface area contributed by atoms with Gasteiger partial charge < -0.3 is 9.88 Å². The van der Waals surface area contributed by atoms with E-state index in [9.17, 15) is 4.79 Å². The molecule has 1 aromatic carbocycles. The molecule has 1 saturated heterocycles. The molecule has 0 spiro atoms.